The molecule has 2 fully saturated rings. The Labute approximate surface area is 201 Å². The topological polar surface area (TPSA) is 92.3 Å². The first-order valence-electron chi connectivity index (χ1n) is 11.5. The highest BCUT2D eigenvalue weighted by molar-refractivity contribution is 6.31. The SMILES string of the molecule is O=C(C1CCC(Nc2cc3c(Nc4ccc(F)c(Cl)c4)ncnc3cn2)CC1)N1CCOCC1. The summed E-state index contributed by atoms with van der Waals surface area (Å²) in [5.41, 5.74) is 1.32. The van der Waals surface area contributed by atoms with Crippen LogP contribution >= 0.6 is 11.6 Å². The molecule has 0 radical (unpaired) electrons. The molecule has 3 heterocycles. The summed E-state index contributed by atoms with van der Waals surface area (Å²) in [5, 5.41) is 7.52. The number of rotatable bonds is 5. The number of ether oxygens (including phenoxy) is 1. The van der Waals surface area contributed by atoms with Gasteiger partial charge in [0.25, 0.3) is 0 Å². The quantitative estimate of drug-likeness (QED) is 0.554. The van der Waals surface area contributed by atoms with Crippen molar-refractivity contribution in [1.82, 2.24) is 19.9 Å². The molecule has 1 saturated heterocycles. The van der Waals surface area contributed by atoms with Gasteiger partial charge < -0.3 is 20.3 Å². The first-order valence-corrected chi connectivity index (χ1v) is 11.9. The summed E-state index contributed by atoms with van der Waals surface area (Å²) in [6.45, 7) is 2.65. The summed E-state index contributed by atoms with van der Waals surface area (Å²) in [6.07, 6.45) is 6.70. The van der Waals surface area contributed by atoms with Crippen LogP contribution in [0.15, 0.2) is 36.8 Å². The number of carbonyl (C=O) groups is 1. The van der Waals surface area contributed by atoms with Gasteiger partial charge in [0.2, 0.25) is 5.91 Å². The van der Waals surface area contributed by atoms with Crippen LogP contribution in [0, 0.1) is 11.7 Å². The van der Waals surface area contributed by atoms with Crippen molar-refractivity contribution in [3.63, 3.8) is 0 Å². The number of amides is 1. The van der Waals surface area contributed by atoms with Crippen LogP contribution in [-0.4, -0.2) is 58.1 Å². The number of morpholine rings is 1. The highest BCUT2D eigenvalue weighted by Gasteiger charge is 2.30. The Bertz CT molecular complexity index is 1180. The molecule has 2 N–H and O–H groups in total. The summed E-state index contributed by atoms with van der Waals surface area (Å²) < 4.78 is 18.9. The number of anilines is 3. The molecule has 2 aromatic heterocycles. The molecule has 1 aliphatic heterocycles. The lowest BCUT2D eigenvalue weighted by molar-refractivity contribution is -0.140. The van der Waals surface area contributed by atoms with E-state index in [1.165, 1.54) is 18.5 Å². The number of halogens is 2. The molecule has 3 aromatic rings. The molecule has 0 spiro atoms. The number of benzene rings is 1. The van der Waals surface area contributed by atoms with Gasteiger partial charge in [0, 0.05) is 36.1 Å². The minimum absolute atomic E-state index is 0.0371. The summed E-state index contributed by atoms with van der Waals surface area (Å²) in [6, 6.07) is 6.58. The van der Waals surface area contributed by atoms with Crippen molar-refractivity contribution >= 4 is 45.7 Å². The zero-order valence-electron chi connectivity index (χ0n) is 18.6. The average Bonchev–Trinajstić information content (AvgIpc) is 2.87. The zero-order valence-corrected chi connectivity index (χ0v) is 19.4. The van der Waals surface area contributed by atoms with Crippen LogP contribution in [0.4, 0.5) is 21.7 Å². The smallest absolute Gasteiger partial charge is 0.225 e. The van der Waals surface area contributed by atoms with E-state index >= 15 is 0 Å². The second-order valence-corrected chi connectivity index (χ2v) is 9.10. The fourth-order valence-corrected chi connectivity index (χ4v) is 4.76. The van der Waals surface area contributed by atoms with Crippen LogP contribution in [0.2, 0.25) is 5.02 Å². The molecule has 178 valence electrons. The van der Waals surface area contributed by atoms with E-state index < -0.39 is 5.82 Å². The Hall–Kier alpha value is -3.04. The minimum atomic E-state index is -0.475. The molecule has 8 nitrogen and oxygen atoms in total. The van der Waals surface area contributed by atoms with Crippen molar-refractivity contribution in [2.24, 2.45) is 5.92 Å². The maximum atomic E-state index is 13.5. The molecule has 34 heavy (non-hydrogen) atoms. The van der Waals surface area contributed by atoms with Crippen LogP contribution in [-0.2, 0) is 9.53 Å². The normalized spacial score (nSPS) is 20.8. The second-order valence-electron chi connectivity index (χ2n) is 8.69. The van der Waals surface area contributed by atoms with Crippen molar-refractivity contribution in [3.05, 3.63) is 47.6 Å². The van der Waals surface area contributed by atoms with E-state index in [1.54, 1.807) is 12.3 Å². The highest BCUT2D eigenvalue weighted by atomic mass is 35.5. The number of nitrogens with zero attached hydrogens (tertiary/aromatic N) is 4. The predicted molar refractivity (Wildman–Crippen MR) is 129 cm³/mol. The lowest BCUT2D eigenvalue weighted by Gasteiger charge is -2.34. The molecule has 1 aliphatic carbocycles. The fraction of sp³-hybridized carbons (Fsp3) is 0.417. The second kappa shape index (κ2) is 10.1. The molecule has 0 unspecified atom stereocenters. The molecule has 0 atom stereocenters. The van der Waals surface area contributed by atoms with Crippen molar-refractivity contribution < 1.29 is 13.9 Å². The Balaban J connectivity index is 1.25. The van der Waals surface area contributed by atoms with Crippen LogP contribution in [0.25, 0.3) is 10.9 Å². The predicted octanol–water partition coefficient (Wildman–Crippen LogP) is 4.39. The van der Waals surface area contributed by atoms with Crippen LogP contribution in [0.1, 0.15) is 25.7 Å². The van der Waals surface area contributed by atoms with E-state index in [4.69, 9.17) is 16.3 Å². The van der Waals surface area contributed by atoms with Gasteiger partial charge in [-0.1, -0.05) is 11.6 Å². The monoisotopic (exact) mass is 484 g/mol. The van der Waals surface area contributed by atoms with Crippen molar-refractivity contribution in [1.29, 1.82) is 0 Å². The number of nitrogens with one attached hydrogen (secondary N) is 2. The van der Waals surface area contributed by atoms with Crippen LogP contribution < -0.4 is 10.6 Å². The van der Waals surface area contributed by atoms with E-state index in [0.717, 1.165) is 36.9 Å². The first kappa shape index (κ1) is 22.7. The molecule has 2 aliphatic rings. The number of fused-ring (bicyclic) bond motifs is 1. The van der Waals surface area contributed by atoms with Crippen molar-refractivity contribution in [3.8, 4) is 0 Å². The molecule has 0 bridgehead atoms. The van der Waals surface area contributed by atoms with Crippen molar-refractivity contribution in [2.45, 2.75) is 31.7 Å². The number of hydrogen-bond acceptors (Lipinski definition) is 7. The van der Waals surface area contributed by atoms with Gasteiger partial charge in [0.1, 0.15) is 23.8 Å². The first-order chi connectivity index (χ1) is 16.6. The summed E-state index contributed by atoms with van der Waals surface area (Å²) in [5.74, 6) is 1.19. The Kier molecular flexibility index (Phi) is 6.73. The zero-order chi connectivity index (χ0) is 23.5. The highest BCUT2D eigenvalue weighted by Crippen LogP contribution is 2.30. The number of carbonyl (C=O) groups excluding carboxylic acids is 1. The Morgan fingerprint density at radius 2 is 1.88 bits per heavy atom. The van der Waals surface area contributed by atoms with Gasteiger partial charge in [-0.2, -0.15) is 0 Å². The number of pyridine rings is 1. The lowest BCUT2D eigenvalue weighted by atomic mass is 9.85. The third-order valence-corrected chi connectivity index (χ3v) is 6.74. The van der Waals surface area contributed by atoms with Crippen LogP contribution in [0.5, 0.6) is 0 Å². The van der Waals surface area contributed by atoms with E-state index in [0.29, 0.717) is 43.3 Å². The summed E-state index contributed by atoms with van der Waals surface area (Å²) >= 11 is 5.91. The van der Waals surface area contributed by atoms with E-state index in [-0.39, 0.29) is 22.9 Å². The van der Waals surface area contributed by atoms with Gasteiger partial charge in [-0.25, -0.2) is 19.3 Å². The number of aromatic nitrogens is 3. The van der Waals surface area contributed by atoms with Gasteiger partial charge in [-0.3, -0.25) is 4.79 Å². The van der Waals surface area contributed by atoms with Crippen LogP contribution in [0.3, 0.4) is 0 Å². The molecule has 1 aromatic carbocycles. The average molecular weight is 485 g/mol. The van der Waals surface area contributed by atoms with Gasteiger partial charge in [0.05, 0.1) is 29.9 Å². The molecule has 1 saturated carbocycles. The largest absolute Gasteiger partial charge is 0.378 e. The summed E-state index contributed by atoms with van der Waals surface area (Å²) in [4.78, 5) is 27.9. The lowest BCUT2D eigenvalue weighted by Crippen LogP contribution is -2.45. The van der Waals surface area contributed by atoms with Gasteiger partial charge in [0.15, 0.2) is 0 Å². The summed E-state index contributed by atoms with van der Waals surface area (Å²) in [7, 11) is 0. The standard InChI is InChI=1S/C24H26ClFN6O2/c25-19-11-17(5-6-20(19)26)31-23-18-12-22(27-13-21(18)28-14-29-23)30-16-3-1-15(2-4-16)24(33)32-7-9-34-10-8-32/h5-6,11-16H,1-4,7-10H2,(H,27,30)(H,28,29,31). The maximum Gasteiger partial charge on any atom is 0.225 e. The Morgan fingerprint density at radius 3 is 2.65 bits per heavy atom. The van der Waals surface area contributed by atoms with Gasteiger partial charge >= 0.3 is 0 Å². The minimum Gasteiger partial charge on any atom is -0.378 e. The fourth-order valence-electron chi connectivity index (χ4n) is 4.58. The molecule has 5 rings (SSSR count). The Morgan fingerprint density at radius 1 is 1.09 bits per heavy atom. The molecular formula is C24H26ClFN6O2. The third kappa shape index (κ3) is 5.05. The van der Waals surface area contributed by atoms with Crippen molar-refractivity contribution in [2.75, 3.05) is 36.9 Å². The third-order valence-electron chi connectivity index (χ3n) is 6.46. The van der Waals surface area contributed by atoms with E-state index in [2.05, 4.69) is 25.6 Å². The van der Waals surface area contributed by atoms with Gasteiger partial charge in [-0.15, -0.1) is 0 Å². The molecule has 1 amide bonds. The van der Waals surface area contributed by atoms with E-state index in [9.17, 15) is 9.18 Å². The molecular weight excluding hydrogens is 459 g/mol. The molecule has 10 heteroatoms. The number of hydrogen-bond donors (Lipinski definition) is 2. The van der Waals surface area contributed by atoms with Gasteiger partial charge in [-0.05, 0) is 49.9 Å². The van der Waals surface area contributed by atoms with E-state index in [1.807, 2.05) is 11.0 Å². The maximum absolute atomic E-state index is 13.5.